The molecule has 2 rings (SSSR count). The number of nitrogens with zero attached hydrogens (tertiary/aromatic N) is 1. The Labute approximate surface area is 83.2 Å². The lowest BCUT2D eigenvalue weighted by atomic mass is 10.3. The van der Waals surface area contributed by atoms with E-state index >= 15 is 0 Å². The summed E-state index contributed by atoms with van der Waals surface area (Å²) in [6.07, 6.45) is 3.31. The van der Waals surface area contributed by atoms with E-state index in [1.807, 2.05) is 24.3 Å². The molecule has 0 saturated carbocycles. The summed E-state index contributed by atoms with van der Waals surface area (Å²) in [7, 11) is 0. The van der Waals surface area contributed by atoms with Crippen molar-refractivity contribution < 1.29 is 0 Å². The summed E-state index contributed by atoms with van der Waals surface area (Å²) >= 11 is 3.38. The van der Waals surface area contributed by atoms with E-state index in [2.05, 4.69) is 20.9 Å². The zero-order chi connectivity index (χ0) is 9.26. The van der Waals surface area contributed by atoms with Crippen molar-refractivity contribution >= 4 is 15.9 Å². The second-order valence-corrected chi connectivity index (χ2v) is 3.44. The zero-order valence-corrected chi connectivity index (χ0v) is 8.28. The molecule has 0 unspecified atom stereocenters. The van der Waals surface area contributed by atoms with Gasteiger partial charge in [-0.25, -0.2) is 4.79 Å². The molecule has 0 aliphatic rings. The first-order chi connectivity index (χ1) is 6.29. The number of aromatic nitrogens is 2. The number of halogens is 1. The van der Waals surface area contributed by atoms with Crippen LogP contribution in [0.3, 0.4) is 0 Å². The Morgan fingerprint density at radius 2 is 2.08 bits per heavy atom. The van der Waals surface area contributed by atoms with Crippen LogP contribution in [0.15, 0.2) is 45.9 Å². The van der Waals surface area contributed by atoms with Crippen molar-refractivity contribution in [2.45, 2.75) is 0 Å². The number of H-pyrrole nitrogens is 1. The molecule has 13 heavy (non-hydrogen) atoms. The first-order valence-electron chi connectivity index (χ1n) is 3.80. The van der Waals surface area contributed by atoms with Crippen LogP contribution < -0.4 is 5.69 Å². The minimum Gasteiger partial charge on any atom is -0.312 e. The van der Waals surface area contributed by atoms with Crippen molar-refractivity contribution in [3.8, 4) is 5.69 Å². The van der Waals surface area contributed by atoms with Crippen LogP contribution in [0.4, 0.5) is 0 Å². The lowest BCUT2D eigenvalue weighted by Crippen LogP contribution is -2.14. The monoisotopic (exact) mass is 238 g/mol. The third-order valence-electron chi connectivity index (χ3n) is 1.76. The Morgan fingerprint density at radius 1 is 1.31 bits per heavy atom. The summed E-state index contributed by atoms with van der Waals surface area (Å²) in [4.78, 5) is 13.8. The predicted octanol–water partition coefficient (Wildman–Crippen LogP) is 1.93. The molecule has 0 aliphatic heterocycles. The van der Waals surface area contributed by atoms with E-state index in [1.165, 1.54) is 0 Å². The van der Waals surface area contributed by atoms with E-state index < -0.39 is 0 Å². The molecule has 0 saturated heterocycles. The van der Waals surface area contributed by atoms with Gasteiger partial charge < -0.3 is 4.98 Å². The fraction of sp³-hybridized carbons (Fsp3) is 0. The standard InChI is InChI=1S/C9H7BrN2O/c10-7-3-1-2-4-8(7)12-6-5-11-9(12)13/h1-6H,(H,11,13). The van der Waals surface area contributed by atoms with Crippen LogP contribution in [0.1, 0.15) is 0 Å². The molecule has 0 fully saturated rings. The van der Waals surface area contributed by atoms with Gasteiger partial charge in [0.2, 0.25) is 0 Å². The topological polar surface area (TPSA) is 37.8 Å². The Morgan fingerprint density at radius 3 is 2.69 bits per heavy atom. The lowest BCUT2D eigenvalue weighted by Gasteiger charge is -2.02. The van der Waals surface area contributed by atoms with Crippen LogP contribution in [0, 0.1) is 0 Å². The third kappa shape index (κ3) is 1.45. The summed E-state index contributed by atoms with van der Waals surface area (Å²) in [5.41, 5.74) is 0.709. The molecule has 0 atom stereocenters. The molecule has 0 bridgehead atoms. The Kier molecular flexibility index (Phi) is 2.06. The van der Waals surface area contributed by atoms with Gasteiger partial charge in [-0.15, -0.1) is 0 Å². The molecule has 0 amide bonds. The van der Waals surface area contributed by atoms with E-state index in [4.69, 9.17) is 0 Å². The molecule has 1 aromatic heterocycles. The Hall–Kier alpha value is -1.29. The third-order valence-corrected chi connectivity index (χ3v) is 2.43. The highest BCUT2D eigenvalue weighted by atomic mass is 79.9. The Bertz CT molecular complexity index is 472. The number of imidazole rings is 1. The van der Waals surface area contributed by atoms with Gasteiger partial charge in [0.05, 0.1) is 5.69 Å². The van der Waals surface area contributed by atoms with Gasteiger partial charge in [-0.2, -0.15) is 0 Å². The highest BCUT2D eigenvalue weighted by molar-refractivity contribution is 9.10. The summed E-state index contributed by atoms with van der Waals surface area (Å²) in [6, 6.07) is 7.57. The van der Waals surface area contributed by atoms with Crippen LogP contribution in [0.5, 0.6) is 0 Å². The number of rotatable bonds is 1. The van der Waals surface area contributed by atoms with Gasteiger partial charge in [-0.3, -0.25) is 4.57 Å². The van der Waals surface area contributed by atoms with Gasteiger partial charge in [-0.1, -0.05) is 12.1 Å². The smallest absolute Gasteiger partial charge is 0.312 e. The number of benzene rings is 1. The van der Waals surface area contributed by atoms with Crippen molar-refractivity contribution in [2.75, 3.05) is 0 Å². The normalized spacial score (nSPS) is 10.2. The van der Waals surface area contributed by atoms with Gasteiger partial charge in [-0.05, 0) is 28.1 Å². The fourth-order valence-corrected chi connectivity index (χ4v) is 1.63. The van der Waals surface area contributed by atoms with Crippen LogP contribution in [-0.2, 0) is 0 Å². The molecule has 0 spiro atoms. The maximum absolute atomic E-state index is 11.3. The Balaban J connectivity index is 2.66. The average Bonchev–Trinajstić information content (AvgIpc) is 2.52. The first-order valence-corrected chi connectivity index (χ1v) is 4.59. The van der Waals surface area contributed by atoms with Gasteiger partial charge in [0, 0.05) is 16.9 Å². The van der Waals surface area contributed by atoms with Crippen LogP contribution in [-0.4, -0.2) is 9.55 Å². The number of hydrogen-bond acceptors (Lipinski definition) is 1. The molecule has 0 aliphatic carbocycles. The largest absolute Gasteiger partial charge is 0.330 e. The van der Waals surface area contributed by atoms with Crippen molar-refractivity contribution in [3.63, 3.8) is 0 Å². The van der Waals surface area contributed by atoms with Gasteiger partial charge in [0.15, 0.2) is 0 Å². The number of hydrogen-bond donors (Lipinski definition) is 1. The highest BCUT2D eigenvalue weighted by Crippen LogP contribution is 2.18. The second kappa shape index (κ2) is 3.22. The van der Waals surface area contributed by atoms with Crippen molar-refractivity contribution in [3.05, 3.63) is 51.6 Å². The van der Waals surface area contributed by atoms with Crippen LogP contribution >= 0.6 is 15.9 Å². The van der Waals surface area contributed by atoms with E-state index in [0.717, 1.165) is 10.2 Å². The molecule has 1 heterocycles. The van der Waals surface area contributed by atoms with E-state index in [-0.39, 0.29) is 5.69 Å². The summed E-state index contributed by atoms with van der Waals surface area (Å²) < 4.78 is 2.45. The maximum atomic E-state index is 11.3. The number of para-hydroxylation sites is 1. The molecule has 1 aromatic carbocycles. The highest BCUT2D eigenvalue weighted by Gasteiger charge is 2.02. The molecular weight excluding hydrogens is 232 g/mol. The van der Waals surface area contributed by atoms with Crippen LogP contribution in [0.25, 0.3) is 5.69 Å². The summed E-state index contributed by atoms with van der Waals surface area (Å²) in [5.74, 6) is 0. The number of nitrogens with one attached hydrogen (secondary N) is 1. The lowest BCUT2D eigenvalue weighted by molar-refractivity contribution is 0.982. The van der Waals surface area contributed by atoms with Crippen molar-refractivity contribution in [1.82, 2.24) is 9.55 Å². The molecule has 2 aromatic rings. The molecule has 0 radical (unpaired) electrons. The van der Waals surface area contributed by atoms with Crippen molar-refractivity contribution in [1.29, 1.82) is 0 Å². The second-order valence-electron chi connectivity index (χ2n) is 2.59. The van der Waals surface area contributed by atoms with Crippen LogP contribution in [0.2, 0.25) is 0 Å². The minimum atomic E-state index is -0.132. The molecular formula is C9H7BrN2O. The van der Waals surface area contributed by atoms with E-state index in [1.54, 1.807) is 17.0 Å². The van der Waals surface area contributed by atoms with Gasteiger partial charge in [0.25, 0.3) is 0 Å². The maximum Gasteiger partial charge on any atom is 0.330 e. The molecule has 1 N–H and O–H groups in total. The SMILES string of the molecule is O=c1[nH]ccn1-c1ccccc1Br. The van der Waals surface area contributed by atoms with Gasteiger partial charge >= 0.3 is 5.69 Å². The predicted molar refractivity (Wildman–Crippen MR) is 54.1 cm³/mol. The first kappa shape index (κ1) is 8.31. The average molecular weight is 239 g/mol. The molecule has 3 nitrogen and oxygen atoms in total. The van der Waals surface area contributed by atoms with Crippen molar-refractivity contribution in [2.24, 2.45) is 0 Å². The number of aromatic amines is 1. The molecule has 4 heteroatoms. The fourth-order valence-electron chi connectivity index (χ4n) is 1.16. The minimum absolute atomic E-state index is 0.132. The molecule has 66 valence electrons. The summed E-state index contributed by atoms with van der Waals surface area (Å²) in [6.45, 7) is 0. The van der Waals surface area contributed by atoms with E-state index in [0.29, 0.717) is 0 Å². The van der Waals surface area contributed by atoms with Gasteiger partial charge in [0.1, 0.15) is 0 Å². The van der Waals surface area contributed by atoms with E-state index in [9.17, 15) is 4.79 Å². The zero-order valence-electron chi connectivity index (χ0n) is 6.70. The summed E-state index contributed by atoms with van der Waals surface area (Å²) in [5, 5.41) is 0. The quantitative estimate of drug-likeness (QED) is 0.811.